The Kier molecular flexibility index (Phi) is 6.42. The van der Waals surface area contributed by atoms with Gasteiger partial charge in [-0.25, -0.2) is 15.0 Å². The Morgan fingerprint density at radius 3 is 1.44 bits per heavy atom. The Labute approximate surface area is 288 Å². The fourth-order valence-electron chi connectivity index (χ4n) is 7.37. The highest BCUT2D eigenvalue weighted by Gasteiger charge is 2.21. The number of aromatic nitrogens is 5. The van der Waals surface area contributed by atoms with Crippen LogP contribution in [0.5, 0.6) is 0 Å². The van der Waals surface area contributed by atoms with Crippen LogP contribution in [0.1, 0.15) is 0 Å². The third kappa shape index (κ3) is 4.45. The fraction of sp³-hybridized carbons (Fsp3) is 0. The smallest absolute Gasteiger partial charge is 0.179 e. The number of hydrogen-bond donors (Lipinski definition) is 0. The minimum Gasteiger partial charge on any atom is -0.309 e. The lowest BCUT2D eigenvalue weighted by atomic mass is 10.1. The number of hydrogen-bond acceptors (Lipinski definition) is 3. The van der Waals surface area contributed by atoms with Crippen molar-refractivity contribution in [1.82, 2.24) is 24.1 Å². The van der Waals surface area contributed by atoms with Crippen LogP contribution in [-0.2, 0) is 0 Å². The van der Waals surface area contributed by atoms with E-state index in [2.05, 4.69) is 143 Å². The van der Waals surface area contributed by atoms with Gasteiger partial charge in [0.25, 0.3) is 0 Å². The molecular formula is C45H29N5. The van der Waals surface area contributed by atoms with Crippen molar-refractivity contribution in [2.75, 3.05) is 0 Å². The molecule has 10 aromatic rings. The lowest BCUT2D eigenvalue weighted by Gasteiger charge is -2.11. The largest absolute Gasteiger partial charge is 0.309 e. The molecule has 10 rings (SSSR count). The van der Waals surface area contributed by atoms with Gasteiger partial charge in [0, 0.05) is 38.4 Å². The summed E-state index contributed by atoms with van der Waals surface area (Å²) in [7, 11) is 0. The molecule has 0 saturated heterocycles. The van der Waals surface area contributed by atoms with Crippen LogP contribution in [0.4, 0.5) is 0 Å². The molecule has 6 aromatic carbocycles. The molecule has 5 heteroatoms. The first-order chi connectivity index (χ1) is 24.8. The summed E-state index contributed by atoms with van der Waals surface area (Å²) in [6.07, 6.45) is 0. The summed E-state index contributed by atoms with van der Waals surface area (Å²) in [5, 5.41) is 4.86. The summed E-state index contributed by atoms with van der Waals surface area (Å²) < 4.78 is 4.65. The van der Waals surface area contributed by atoms with Crippen LogP contribution in [0.3, 0.4) is 0 Å². The van der Waals surface area contributed by atoms with Crippen LogP contribution in [0, 0.1) is 0 Å². The van der Waals surface area contributed by atoms with E-state index in [0.717, 1.165) is 45.1 Å². The molecule has 0 saturated carbocycles. The molecule has 4 heterocycles. The summed E-state index contributed by atoms with van der Waals surface area (Å²) in [6.45, 7) is 0. The van der Waals surface area contributed by atoms with Gasteiger partial charge in [0.1, 0.15) is 11.5 Å². The average Bonchev–Trinajstić information content (AvgIpc) is 3.72. The summed E-state index contributed by atoms with van der Waals surface area (Å²) in [5.41, 5.74) is 10.2. The van der Waals surface area contributed by atoms with E-state index in [4.69, 9.17) is 15.0 Å². The Bertz CT molecular complexity index is 2800. The minimum absolute atomic E-state index is 0.584. The second-order valence-electron chi connectivity index (χ2n) is 12.5. The van der Waals surface area contributed by atoms with Gasteiger partial charge in [0.15, 0.2) is 5.82 Å². The molecule has 0 spiro atoms. The first-order valence-corrected chi connectivity index (χ1v) is 16.8. The summed E-state index contributed by atoms with van der Waals surface area (Å²) in [4.78, 5) is 15.4. The van der Waals surface area contributed by atoms with Gasteiger partial charge in [0.2, 0.25) is 0 Å². The molecule has 0 amide bonds. The molecule has 50 heavy (non-hydrogen) atoms. The third-order valence-electron chi connectivity index (χ3n) is 9.54. The molecule has 0 aliphatic rings. The van der Waals surface area contributed by atoms with E-state index in [1.807, 2.05) is 42.5 Å². The number of para-hydroxylation sites is 3. The Hall–Kier alpha value is -6.85. The normalized spacial score (nSPS) is 11.6. The molecule has 0 aliphatic carbocycles. The SMILES string of the molecule is c1ccc(-c2cc(-c3ccccc3)nc(-c3cccc(-n4c5ccccc5c5c6c7ccccc7n(-c7ccccc7)c6ccc54)n3)n2)cc1. The Balaban J connectivity index is 1.22. The number of rotatable bonds is 5. The fourth-order valence-corrected chi connectivity index (χ4v) is 7.37. The standard InChI is InChI=1S/C45H29N5/c1-4-15-30(16-5-1)36-29-37(31-17-6-2-7-18-31)48-45(47-36)35-23-14-26-42(46-35)50-39-25-13-11-22-34(39)44-41(50)28-27-40-43(44)33-21-10-12-24-38(33)49(40)32-19-8-3-9-20-32/h1-29H. The number of fused-ring (bicyclic) bond motifs is 7. The van der Waals surface area contributed by atoms with Crippen molar-refractivity contribution in [2.24, 2.45) is 0 Å². The molecule has 0 unspecified atom stereocenters. The van der Waals surface area contributed by atoms with Crippen molar-refractivity contribution in [3.05, 3.63) is 176 Å². The summed E-state index contributed by atoms with van der Waals surface area (Å²) in [6, 6.07) is 61.2. The van der Waals surface area contributed by atoms with E-state index in [9.17, 15) is 0 Å². The molecule has 0 bridgehead atoms. The second kappa shape index (κ2) is 11.4. The molecule has 0 fully saturated rings. The monoisotopic (exact) mass is 639 g/mol. The van der Waals surface area contributed by atoms with E-state index >= 15 is 0 Å². The number of nitrogens with zero attached hydrogens (tertiary/aromatic N) is 5. The molecule has 0 radical (unpaired) electrons. The van der Waals surface area contributed by atoms with Crippen LogP contribution < -0.4 is 0 Å². The lowest BCUT2D eigenvalue weighted by Crippen LogP contribution is -2.01. The van der Waals surface area contributed by atoms with Gasteiger partial charge in [0.05, 0.1) is 33.5 Å². The van der Waals surface area contributed by atoms with Crippen LogP contribution in [0.2, 0.25) is 0 Å². The van der Waals surface area contributed by atoms with E-state index in [1.165, 1.54) is 32.6 Å². The van der Waals surface area contributed by atoms with Gasteiger partial charge in [-0.2, -0.15) is 0 Å². The van der Waals surface area contributed by atoms with Crippen LogP contribution in [0.15, 0.2) is 176 Å². The third-order valence-corrected chi connectivity index (χ3v) is 9.54. The van der Waals surface area contributed by atoms with E-state index < -0.39 is 0 Å². The van der Waals surface area contributed by atoms with E-state index in [0.29, 0.717) is 11.5 Å². The van der Waals surface area contributed by atoms with E-state index in [1.54, 1.807) is 0 Å². The summed E-state index contributed by atoms with van der Waals surface area (Å²) in [5.74, 6) is 1.40. The molecule has 5 nitrogen and oxygen atoms in total. The quantitative estimate of drug-likeness (QED) is 0.188. The lowest BCUT2D eigenvalue weighted by molar-refractivity contribution is 1.06. The topological polar surface area (TPSA) is 48.5 Å². The van der Waals surface area contributed by atoms with Crippen LogP contribution in [0.25, 0.3) is 89.2 Å². The van der Waals surface area contributed by atoms with Gasteiger partial charge >= 0.3 is 0 Å². The van der Waals surface area contributed by atoms with Crippen molar-refractivity contribution in [2.45, 2.75) is 0 Å². The van der Waals surface area contributed by atoms with Crippen LogP contribution in [-0.4, -0.2) is 24.1 Å². The number of benzene rings is 6. The molecular weight excluding hydrogens is 611 g/mol. The van der Waals surface area contributed by atoms with Gasteiger partial charge in [-0.15, -0.1) is 0 Å². The highest BCUT2D eigenvalue weighted by Crippen LogP contribution is 2.42. The average molecular weight is 640 g/mol. The Morgan fingerprint density at radius 1 is 0.340 bits per heavy atom. The van der Waals surface area contributed by atoms with E-state index in [-0.39, 0.29) is 0 Å². The number of pyridine rings is 1. The zero-order valence-electron chi connectivity index (χ0n) is 27.0. The minimum atomic E-state index is 0.584. The van der Waals surface area contributed by atoms with Crippen molar-refractivity contribution >= 4 is 43.6 Å². The van der Waals surface area contributed by atoms with Gasteiger partial charge in [-0.05, 0) is 54.6 Å². The van der Waals surface area contributed by atoms with Crippen molar-refractivity contribution in [3.63, 3.8) is 0 Å². The van der Waals surface area contributed by atoms with Crippen molar-refractivity contribution in [3.8, 4) is 45.5 Å². The van der Waals surface area contributed by atoms with Gasteiger partial charge < -0.3 is 4.57 Å². The first-order valence-electron chi connectivity index (χ1n) is 16.8. The second-order valence-corrected chi connectivity index (χ2v) is 12.5. The molecule has 0 N–H and O–H groups in total. The Morgan fingerprint density at radius 2 is 0.840 bits per heavy atom. The van der Waals surface area contributed by atoms with Gasteiger partial charge in [-0.3, -0.25) is 4.57 Å². The molecule has 0 aliphatic heterocycles. The summed E-state index contributed by atoms with van der Waals surface area (Å²) >= 11 is 0. The first kappa shape index (κ1) is 28.2. The molecule has 234 valence electrons. The van der Waals surface area contributed by atoms with Crippen molar-refractivity contribution in [1.29, 1.82) is 0 Å². The zero-order valence-corrected chi connectivity index (χ0v) is 27.0. The predicted molar refractivity (Wildman–Crippen MR) is 205 cm³/mol. The van der Waals surface area contributed by atoms with Gasteiger partial charge in [-0.1, -0.05) is 121 Å². The predicted octanol–water partition coefficient (Wildman–Crippen LogP) is 11.1. The maximum atomic E-state index is 5.28. The van der Waals surface area contributed by atoms with Crippen LogP contribution >= 0.6 is 0 Å². The molecule has 0 atom stereocenters. The highest BCUT2D eigenvalue weighted by molar-refractivity contribution is 6.28. The molecule has 4 aromatic heterocycles. The maximum absolute atomic E-state index is 5.28. The highest BCUT2D eigenvalue weighted by atomic mass is 15.1. The maximum Gasteiger partial charge on any atom is 0.179 e. The zero-order chi connectivity index (χ0) is 33.0. The van der Waals surface area contributed by atoms with Crippen molar-refractivity contribution < 1.29 is 0 Å².